The fourth-order valence-corrected chi connectivity index (χ4v) is 5.37. The van der Waals surface area contributed by atoms with Gasteiger partial charge in [-0.15, -0.1) is 0 Å². The van der Waals surface area contributed by atoms with Gasteiger partial charge in [-0.1, -0.05) is 93.6 Å². The number of carbonyl (C=O) groups excluding carboxylic acids is 3. The molecular formula is C38H52N4O4. The van der Waals surface area contributed by atoms with Crippen molar-refractivity contribution in [1.82, 2.24) is 20.4 Å². The highest BCUT2D eigenvalue weighted by Crippen LogP contribution is 2.49. The van der Waals surface area contributed by atoms with Crippen LogP contribution in [-0.4, -0.2) is 60.5 Å². The molecule has 2 aliphatic rings. The Balaban J connectivity index is 0.000000320. The Kier molecular flexibility index (Phi) is 12.8. The first-order valence-corrected chi connectivity index (χ1v) is 16.3. The number of benzene rings is 3. The van der Waals surface area contributed by atoms with E-state index in [1.807, 2.05) is 45.0 Å². The molecule has 1 heterocycles. The van der Waals surface area contributed by atoms with Crippen molar-refractivity contribution < 1.29 is 19.1 Å². The van der Waals surface area contributed by atoms with Crippen molar-refractivity contribution >= 4 is 34.4 Å². The van der Waals surface area contributed by atoms with Gasteiger partial charge in [-0.05, 0) is 68.4 Å². The van der Waals surface area contributed by atoms with Crippen LogP contribution in [-0.2, 0) is 26.4 Å². The van der Waals surface area contributed by atoms with Crippen molar-refractivity contribution in [2.45, 2.75) is 84.4 Å². The molecule has 2 N–H and O–H groups in total. The summed E-state index contributed by atoms with van der Waals surface area (Å²) in [6, 6.07) is 22.7. The Morgan fingerprint density at radius 1 is 0.935 bits per heavy atom. The fraction of sp³-hybridized carbons (Fsp3) is 0.447. The number of carbonyl (C=O) groups is 3. The number of rotatable bonds is 6. The summed E-state index contributed by atoms with van der Waals surface area (Å²) in [5.74, 6) is -1.19. The molecule has 0 atom stereocenters. The molecule has 0 spiro atoms. The first kappa shape index (κ1) is 36.1. The molecular weight excluding hydrogens is 576 g/mol. The molecule has 0 aromatic heterocycles. The fourth-order valence-electron chi connectivity index (χ4n) is 5.37. The maximum atomic E-state index is 12.2. The largest absolute Gasteiger partial charge is 0.444 e. The molecule has 1 aliphatic heterocycles. The third-order valence-corrected chi connectivity index (χ3v) is 7.72. The van der Waals surface area contributed by atoms with Crippen LogP contribution in [0.3, 0.4) is 0 Å². The quantitative estimate of drug-likeness (QED) is 0.281. The summed E-state index contributed by atoms with van der Waals surface area (Å²) in [6.07, 6.45) is 5.38. The Labute approximate surface area is 275 Å². The minimum absolute atomic E-state index is 0.130. The van der Waals surface area contributed by atoms with Crippen molar-refractivity contribution in [1.29, 1.82) is 0 Å². The highest BCUT2D eigenvalue weighted by atomic mass is 16.6. The maximum Gasteiger partial charge on any atom is 0.410 e. The SMILES string of the molecule is C=C(NC1(c2cccc3ccccc23)CC1)c1ccccc1CN(C)C(=O)C(=O)NC.CC(C)(C)OC(=O)N1CCCC1.CCC. The predicted molar refractivity (Wildman–Crippen MR) is 187 cm³/mol. The van der Waals surface area contributed by atoms with Gasteiger partial charge in [0.15, 0.2) is 0 Å². The number of likely N-dealkylation sites (tertiary alicyclic amines) is 1. The summed E-state index contributed by atoms with van der Waals surface area (Å²) in [6.45, 7) is 16.3. The molecule has 0 radical (unpaired) electrons. The van der Waals surface area contributed by atoms with Crippen molar-refractivity contribution in [2.24, 2.45) is 0 Å². The molecule has 1 aliphatic carbocycles. The third-order valence-electron chi connectivity index (χ3n) is 7.72. The number of fused-ring (bicyclic) bond motifs is 1. The van der Waals surface area contributed by atoms with Crippen LogP contribution < -0.4 is 10.6 Å². The van der Waals surface area contributed by atoms with Crippen LogP contribution in [0, 0.1) is 0 Å². The predicted octanol–water partition coefficient (Wildman–Crippen LogP) is 7.23. The molecule has 8 heteroatoms. The standard InChI is InChI=1S/C26H27N3O2.C9H17NO2.C3H8/c1-18(21-12-6-5-10-20(21)17-29(3)25(31)24(30)27-2)28-26(15-16-26)23-14-8-11-19-9-4-7-13-22(19)23;1-9(2,3)12-8(11)10-6-4-5-7-10;1-3-2/h4-14,28H,1,15-17H2,2-3H3,(H,27,30);4-7H2,1-3H3;3H2,1-2H3. The average Bonchev–Trinajstić information content (AvgIpc) is 3.58. The number of ether oxygens (including phenoxy) is 1. The van der Waals surface area contributed by atoms with Gasteiger partial charge in [0.1, 0.15) is 5.60 Å². The number of nitrogens with one attached hydrogen (secondary N) is 2. The van der Waals surface area contributed by atoms with Gasteiger partial charge in [-0.25, -0.2) is 4.79 Å². The first-order chi connectivity index (χ1) is 21.9. The molecule has 3 amide bonds. The summed E-state index contributed by atoms with van der Waals surface area (Å²) in [5, 5.41) is 8.56. The Morgan fingerprint density at radius 3 is 2.13 bits per heavy atom. The molecule has 1 saturated heterocycles. The average molecular weight is 629 g/mol. The van der Waals surface area contributed by atoms with Crippen LogP contribution >= 0.6 is 0 Å². The molecule has 0 bridgehead atoms. The van der Waals surface area contributed by atoms with Gasteiger partial charge in [0.2, 0.25) is 0 Å². The van der Waals surface area contributed by atoms with E-state index in [4.69, 9.17) is 4.74 Å². The van der Waals surface area contributed by atoms with Crippen LogP contribution in [0.15, 0.2) is 73.3 Å². The molecule has 0 unspecified atom stereocenters. The zero-order valence-corrected chi connectivity index (χ0v) is 28.7. The van der Waals surface area contributed by atoms with Gasteiger partial charge in [0.05, 0.1) is 5.54 Å². The molecule has 2 fully saturated rings. The van der Waals surface area contributed by atoms with Crippen molar-refractivity contribution in [2.75, 3.05) is 27.2 Å². The van der Waals surface area contributed by atoms with Crippen molar-refractivity contribution in [3.63, 3.8) is 0 Å². The number of amides is 3. The first-order valence-electron chi connectivity index (χ1n) is 16.3. The minimum atomic E-state index is -0.621. The van der Waals surface area contributed by atoms with Crippen LogP contribution in [0.5, 0.6) is 0 Å². The van der Waals surface area contributed by atoms with E-state index in [-0.39, 0.29) is 17.2 Å². The normalized spacial score (nSPS) is 14.5. The second-order valence-electron chi connectivity index (χ2n) is 13.0. The lowest BCUT2D eigenvalue weighted by atomic mass is 9.95. The van der Waals surface area contributed by atoms with Crippen LogP contribution in [0.1, 0.15) is 83.4 Å². The van der Waals surface area contributed by atoms with E-state index in [2.05, 4.69) is 73.5 Å². The topological polar surface area (TPSA) is 91.0 Å². The third kappa shape index (κ3) is 9.83. The minimum Gasteiger partial charge on any atom is -0.444 e. The Bertz CT molecular complexity index is 1490. The van der Waals surface area contributed by atoms with Gasteiger partial charge >= 0.3 is 17.9 Å². The van der Waals surface area contributed by atoms with E-state index in [0.717, 1.165) is 55.6 Å². The van der Waals surface area contributed by atoms with Gasteiger partial charge in [0, 0.05) is 45.0 Å². The smallest absolute Gasteiger partial charge is 0.410 e. The van der Waals surface area contributed by atoms with E-state index in [1.54, 1.807) is 11.9 Å². The molecule has 3 aromatic carbocycles. The molecule has 46 heavy (non-hydrogen) atoms. The van der Waals surface area contributed by atoms with E-state index in [0.29, 0.717) is 6.54 Å². The summed E-state index contributed by atoms with van der Waals surface area (Å²) in [4.78, 5) is 38.4. The maximum absolute atomic E-state index is 12.2. The molecule has 1 saturated carbocycles. The zero-order valence-electron chi connectivity index (χ0n) is 28.7. The molecule has 248 valence electrons. The second-order valence-corrected chi connectivity index (χ2v) is 13.0. The summed E-state index contributed by atoms with van der Waals surface area (Å²) in [7, 11) is 3.08. The molecule has 8 nitrogen and oxygen atoms in total. The lowest BCUT2D eigenvalue weighted by molar-refractivity contribution is -0.145. The van der Waals surface area contributed by atoms with Gasteiger partial charge in [-0.3, -0.25) is 9.59 Å². The van der Waals surface area contributed by atoms with Crippen LogP contribution in [0.2, 0.25) is 0 Å². The van der Waals surface area contributed by atoms with E-state index >= 15 is 0 Å². The number of nitrogens with zero attached hydrogens (tertiary/aromatic N) is 2. The molecule has 5 rings (SSSR count). The lowest BCUT2D eigenvalue weighted by Crippen LogP contribution is -2.39. The van der Waals surface area contributed by atoms with Crippen molar-refractivity contribution in [3.8, 4) is 0 Å². The number of hydrogen-bond acceptors (Lipinski definition) is 5. The summed E-state index contributed by atoms with van der Waals surface area (Å²) in [5.41, 5.74) is 3.51. The highest BCUT2D eigenvalue weighted by Gasteiger charge is 2.45. The summed E-state index contributed by atoms with van der Waals surface area (Å²) >= 11 is 0. The van der Waals surface area contributed by atoms with Crippen LogP contribution in [0.25, 0.3) is 16.5 Å². The Hall–Kier alpha value is -4.33. The van der Waals surface area contributed by atoms with Gasteiger partial charge in [0.25, 0.3) is 0 Å². The van der Waals surface area contributed by atoms with Gasteiger partial charge < -0.3 is 25.2 Å². The van der Waals surface area contributed by atoms with E-state index < -0.39 is 11.8 Å². The van der Waals surface area contributed by atoms with Gasteiger partial charge in [-0.2, -0.15) is 0 Å². The van der Waals surface area contributed by atoms with E-state index in [1.165, 1.54) is 34.7 Å². The second kappa shape index (κ2) is 16.3. The highest BCUT2D eigenvalue weighted by molar-refractivity contribution is 6.34. The molecule has 3 aromatic rings. The summed E-state index contributed by atoms with van der Waals surface area (Å²) < 4.78 is 5.21. The number of hydrogen-bond donors (Lipinski definition) is 2. The van der Waals surface area contributed by atoms with E-state index in [9.17, 15) is 14.4 Å². The number of likely N-dealkylation sites (N-methyl/N-ethyl adjacent to an activating group) is 2. The Morgan fingerprint density at radius 2 is 1.52 bits per heavy atom. The lowest BCUT2D eigenvalue weighted by Gasteiger charge is -2.25. The van der Waals surface area contributed by atoms with Crippen molar-refractivity contribution in [3.05, 3.63) is 90.0 Å². The monoisotopic (exact) mass is 628 g/mol. The zero-order chi connectivity index (χ0) is 33.9. The van der Waals surface area contributed by atoms with Crippen LogP contribution in [0.4, 0.5) is 4.79 Å².